The first kappa shape index (κ1) is 18.5. The van der Waals surface area contributed by atoms with E-state index < -0.39 is 17.1 Å². The first-order valence-electron chi connectivity index (χ1n) is 8.92. The third-order valence-corrected chi connectivity index (χ3v) is 5.21. The third-order valence-electron chi connectivity index (χ3n) is 5.21. The second kappa shape index (κ2) is 6.48. The lowest BCUT2D eigenvalue weighted by atomic mass is 9.94. The number of benzene rings is 1. The summed E-state index contributed by atoms with van der Waals surface area (Å²) in [5, 5.41) is 26.0. The van der Waals surface area contributed by atoms with Gasteiger partial charge in [-0.25, -0.2) is 0 Å². The number of rotatable bonds is 3. The van der Waals surface area contributed by atoms with Gasteiger partial charge >= 0.3 is 0 Å². The van der Waals surface area contributed by atoms with Crippen LogP contribution in [0.25, 0.3) is 0 Å². The van der Waals surface area contributed by atoms with Gasteiger partial charge in [0.1, 0.15) is 0 Å². The van der Waals surface area contributed by atoms with Gasteiger partial charge in [0.2, 0.25) is 0 Å². The number of piperidine rings is 1. The fraction of sp³-hybridized carbons (Fsp3) is 0.526. The van der Waals surface area contributed by atoms with Crippen LogP contribution in [0.3, 0.4) is 0 Å². The molecule has 140 valence electrons. The molecule has 2 aliphatic heterocycles. The van der Waals surface area contributed by atoms with Gasteiger partial charge in [-0.2, -0.15) is 10.1 Å². The van der Waals surface area contributed by atoms with E-state index in [9.17, 15) is 19.8 Å². The minimum Gasteiger partial charge on any atom is -0.388 e. The van der Waals surface area contributed by atoms with Crippen LogP contribution in [0.15, 0.2) is 29.4 Å². The summed E-state index contributed by atoms with van der Waals surface area (Å²) < 4.78 is 0. The van der Waals surface area contributed by atoms with Crippen LogP contribution in [0.5, 0.6) is 0 Å². The number of hydrazone groups is 1. The van der Waals surface area contributed by atoms with Crippen LogP contribution >= 0.6 is 0 Å². The number of carbonyl (C=O) groups excluding carboxylic acids is 2. The van der Waals surface area contributed by atoms with Crippen LogP contribution in [-0.4, -0.2) is 56.9 Å². The zero-order chi connectivity index (χ0) is 19.1. The number of aliphatic hydroxyl groups is 2. The van der Waals surface area contributed by atoms with Gasteiger partial charge in [0.25, 0.3) is 11.8 Å². The standard InChI is InChI=1S/C19H25N3O4/c1-4-19(26)13(2)20-22(17(19)24)15-8-5-7-14(11-15)16(23)21-10-6-9-18(3,25)12-21/h5,7-8,11,25-26H,4,6,9-10,12H2,1-3H3. The molecule has 0 saturated carbocycles. The molecule has 1 aromatic carbocycles. The van der Waals surface area contributed by atoms with Crippen molar-refractivity contribution in [1.82, 2.24) is 4.90 Å². The van der Waals surface area contributed by atoms with E-state index in [2.05, 4.69) is 5.10 Å². The largest absolute Gasteiger partial charge is 0.388 e. The highest BCUT2D eigenvalue weighted by Crippen LogP contribution is 2.30. The highest BCUT2D eigenvalue weighted by atomic mass is 16.3. The van der Waals surface area contributed by atoms with Crippen LogP contribution in [0.4, 0.5) is 5.69 Å². The van der Waals surface area contributed by atoms with Crippen molar-refractivity contribution in [2.45, 2.75) is 51.2 Å². The van der Waals surface area contributed by atoms with Crippen LogP contribution in [-0.2, 0) is 4.79 Å². The van der Waals surface area contributed by atoms with Crippen molar-refractivity contribution in [1.29, 1.82) is 0 Å². The average Bonchev–Trinajstić information content (AvgIpc) is 2.85. The van der Waals surface area contributed by atoms with E-state index in [0.717, 1.165) is 11.4 Å². The smallest absolute Gasteiger partial charge is 0.285 e. The molecule has 0 spiro atoms. The minimum absolute atomic E-state index is 0.190. The number of amides is 2. The molecule has 0 aliphatic carbocycles. The molecule has 1 fully saturated rings. The second-order valence-electron chi connectivity index (χ2n) is 7.39. The number of β-amino-alcohol motifs (C(OH)–C–C–N with tert-alkyl or cyclic N) is 1. The first-order chi connectivity index (χ1) is 12.2. The molecule has 0 bridgehead atoms. The summed E-state index contributed by atoms with van der Waals surface area (Å²) in [6.07, 6.45) is 1.65. The summed E-state index contributed by atoms with van der Waals surface area (Å²) in [6.45, 7) is 5.95. The SMILES string of the molecule is CCC1(O)C(=O)N(c2cccc(C(=O)N3CCCC(C)(O)C3)c2)N=C1C. The lowest BCUT2D eigenvalue weighted by Gasteiger charge is -2.36. The van der Waals surface area contributed by atoms with Crippen molar-refractivity contribution < 1.29 is 19.8 Å². The van der Waals surface area contributed by atoms with Gasteiger partial charge in [0.15, 0.2) is 5.60 Å². The molecule has 2 amide bonds. The third kappa shape index (κ3) is 3.12. The lowest BCUT2D eigenvalue weighted by Crippen LogP contribution is -2.48. The summed E-state index contributed by atoms with van der Waals surface area (Å²) in [4.78, 5) is 27.0. The zero-order valence-electron chi connectivity index (χ0n) is 15.4. The number of anilines is 1. The Hall–Kier alpha value is -2.25. The van der Waals surface area contributed by atoms with E-state index in [1.54, 1.807) is 49.9 Å². The van der Waals surface area contributed by atoms with Crippen molar-refractivity contribution in [3.8, 4) is 0 Å². The molecule has 2 N–H and O–H groups in total. The van der Waals surface area contributed by atoms with E-state index in [4.69, 9.17) is 0 Å². The maximum absolute atomic E-state index is 12.8. The second-order valence-corrected chi connectivity index (χ2v) is 7.39. The molecule has 0 radical (unpaired) electrons. The monoisotopic (exact) mass is 359 g/mol. The molecule has 7 nitrogen and oxygen atoms in total. The molecule has 3 rings (SSSR count). The molecular formula is C19H25N3O4. The van der Waals surface area contributed by atoms with Crippen molar-refractivity contribution in [3.05, 3.63) is 29.8 Å². The van der Waals surface area contributed by atoms with Crippen LogP contribution in [0, 0.1) is 0 Å². The Morgan fingerprint density at radius 2 is 2.08 bits per heavy atom. The number of hydrogen-bond donors (Lipinski definition) is 2. The Morgan fingerprint density at radius 1 is 1.35 bits per heavy atom. The van der Waals surface area contributed by atoms with E-state index in [-0.39, 0.29) is 18.9 Å². The molecule has 26 heavy (non-hydrogen) atoms. The molecule has 2 atom stereocenters. The van der Waals surface area contributed by atoms with E-state index in [1.807, 2.05) is 0 Å². The van der Waals surface area contributed by atoms with Gasteiger partial charge in [-0.1, -0.05) is 13.0 Å². The highest BCUT2D eigenvalue weighted by Gasteiger charge is 2.46. The van der Waals surface area contributed by atoms with Crippen molar-refractivity contribution in [3.63, 3.8) is 0 Å². The molecule has 0 aromatic heterocycles. The van der Waals surface area contributed by atoms with Gasteiger partial charge in [-0.3, -0.25) is 9.59 Å². The molecule has 1 aromatic rings. The summed E-state index contributed by atoms with van der Waals surface area (Å²) in [5.41, 5.74) is -1.27. The molecule has 7 heteroatoms. The van der Waals surface area contributed by atoms with Gasteiger partial charge in [0, 0.05) is 18.7 Å². The Morgan fingerprint density at radius 3 is 2.69 bits per heavy atom. The fourth-order valence-electron chi connectivity index (χ4n) is 3.54. The highest BCUT2D eigenvalue weighted by molar-refractivity contribution is 6.21. The quantitative estimate of drug-likeness (QED) is 0.856. The van der Waals surface area contributed by atoms with Gasteiger partial charge < -0.3 is 15.1 Å². The van der Waals surface area contributed by atoms with E-state index >= 15 is 0 Å². The summed E-state index contributed by atoms with van der Waals surface area (Å²) in [5.74, 6) is -0.701. The Bertz CT molecular complexity index is 774. The predicted octanol–water partition coefficient (Wildman–Crippen LogP) is 1.54. The Labute approximate surface area is 152 Å². The number of carbonyl (C=O) groups is 2. The molecule has 2 heterocycles. The van der Waals surface area contributed by atoms with E-state index in [0.29, 0.717) is 29.9 Å². The van der Waals surface area contributed by atoms with Crippen LogP contribution < -0.4 is 5.01 Å². The molecular weight excluding hydrogens is 334 g/mol. The van der Waals surface area contributed by atoms with Crippen LogP contribution in [0.1, 0.15) is 50.4 Å². The predicted molar refractivity (Wildman–Crippen MR) is 98.0 cm³/mol. The van der Waals surface area contributed by atoms with Crippen LogP contribution in [0.2, 0.25) is 0 Å². The summed E-state index contributed by atoms with van der Waals surface area (Å²) in [6, 6.07) is 6.64. The number of likely N-dealkylation sites (tertiary alicyclic amines) is 1. The normalized spacial score (nSPS) is 29.1. The Kier molecular flexibility index (Phi) is 4.62. The summed E-state index contributed by atoms with van der Waals surface area (Å²) >= 11 is 0. The van der Waals surface area contributed by atoms with Crippen molar-refractivity contribution >= 4 is 23.2 Å². The van der Waals surface area contributed by atoms with Crippen molar-refractivity contribution in [2.75, 3.05) is 18.1 Å². The van der Waals surface area contributed by atoms with Gasteiger partial charge in [-0.05, 0) is 51.3 Å². The minimum atomic E-state index is -1.59. The maximum Gasteiger partial charge on any atom is 0.285 e. The molecule has 1 saturated heterocycles. The molecule has 2 unspecified atom stereocenters. The molecule has 2 aliphatic rings. The Balaban J connectivity index is 1.86. The van der Waals surface area contributed by atoms with Gasteiger partial charge in [-0.15, -0.1) is 0 Å². The topological polar surface area (TPSA) is 93.4 Å². The average molecular weight is 359 g/mol. The fourth-order valence-corrected chi connectivity index (χ4v) is 3.54. The zero-order valence-corrected chi connectivity index (χ0v) is 15.4. The van der Waals surface area contributed by atoms with Crippen molar-refractivity contribution in [2.24, 2.45) is 5.10 Å². The maximum atomic E-state index is 12.8. The van der Waals surface area contributed by atoms with Gasteiger partial charge in [0.05, 0.1) is 17.0 Å². The summed E-state index contributed by atoms with van der Waals surface area (Å²) in [7, 11) is 0. The first-order valence-corrected chi connectivity index (χ1v) is 8.92. The number of hydrogen-bond acceptors (Lipinski definition) is 5. The van der Waals surface area contributed by atoms with E-state index in [1.165, 1.54) is 0 Å². The number of nitrogens with zero attached hydrogens (tertiary/aromatic N) is 3. The lowest BCUT2D eigenvalue weighted by molar-refractivity contribution is -0.129.